The summed E-state index contributed by atoms with van der Waals surface area (Å²) in [6, 6.07) is 2.53. The van der Waals surface area contributed by atoms with Gasteiger partial charge in [0.15, 0.2) is 0 Å². The maximum atomic E-state index is 11.9. The zero-order valence-electron chi connectivity index (χ0n) is 12.5. The Bertz CT molecular complexity index is 556. The van der Waals surface area contributed by atoms with Gasteiger partial charge < -0.3 is 14.7 Å². The van der Waals surface area contributed by atoms with Gasteiger partial charge in [-0.2, -0.15) is 0 Å². The van der Waals surface area contributed by atoms with E-state index in [9.17, 15) is 14.7 Å². The van der Waals surface area contributed by atoms with Crippen molar-refractivity contribution < 1.29 is 19.4 Å². The fourth-order valence-corrected chi connectivity index (χ4v) is 2.98. The van der Waals surface area contributed by atoms with Crippen LogP contribution in [0.5, 0.6) is 0 Å². The van der Waals surface area contributed by atoms with Gasteiger partial charge in [0, 0.05) is 12.7 Å². The fourth-order valence-electron chi connectivity index (χ4n) is 2.98. The minimum Gasteiger partial charge on any atom is -0.480 e. The smallest absolute Gasteiger partial charge is 0.341 e. The number of carbonyl (C=O) groups is 2. The number of hydrogen-bond acceptors (Lipinski definition) is 5. The number of pyridine rings is 1. The van der Waals surface area contributed by atoms with E-state index in [-0.39, 0.29) is 0 Å². The van der Waals surface area contributed by atoms with Gasteiger partial charge in [-0.05, 0) is 30.4 Å². The lowest BCUT2D eigenvalue weighted by Crippen LogP contribution is -2.55. The van der Waals surface area contributed by atoms with Crippen molar-refractivity contribution in [2.24, 2.45) is 5.41 Å². The molecule has 1 aromatic rings. The largest absolute Gasteiger partial charge is 0.480 e. The molecule has 0 saturated carbocycles. The third-order valence-corrected chi connectivity index (χ3v) is 3.97. The van der Waals surface area contributed by atoms with E-state index < -0.39 is 23.4 Å². The summed E-state index contributed by atoms with van der Waals surface area (Å²) in [5, 5.41) is 9.61. The molecule has 1 unspecified atom stereocenters. The van der Waals surface area contributed by atoms with E-state index in [0.717, 1.165) is 12.8 Å². The molecule has 6 nitrogen and oxygen atoms in total. The molecule has 0 aromatic carbocycles. The van der Waals surface area contributed by atoms with Gasteiger partial charge >= 0.3 is 11.9 Å². The topological polar surface area (TPSA) is 79.7 Å². The third kappa shape index (κ3) is 2.84. The Hall–Kier alpha value is -2.11. The van der Waals surface area contributed by atoms with Crippen molar-refractivity contribution >= 4 is 17.8 Å². The van der Waals surface area contributed by atoms with Gasteiger partial charge in [0.2, 0.25) is 0 Å². The molecule has 0 aliphatic carbocycles. The van der Waals surface area contributed by atoms with E-state index in [1.165, 1.54) is 7.11 Å². The summed E-state index contributed by atoms with van der Waals surface area (Å²) in [5.41, 5.74) is -0.0985. The van der Waals surface area contributed by atoms with Crippen LogP contribution in [-0.2, 0) is 9.53 Å². The molecule has 2 heterocycles. The van der Waals surface area contributed by atoms with Crippen LogP contribution in [0.25, 0.3) is 0 Å². The van der Waals surface area contributed by atoms with E-state index in [1.807, 2.05) is 13.8 Å². The van der Waals surface area contributed by atoms with E-state index >= 15 is 0 Å². The van der Waals surface area contributed by atoms with Crippen LogP contribution < -0.4 is 4.90 Å². The number of esters is 1. The van der Waals surface area contributed by atoms with Gasteiger partial charge in [-0.25, -0.2) is 14.6 Å². The van der Waals surface area contributed by atoms with Crippen LogP contribution in [0.3, 0.4) is 0 Å². The number of nitrogens with zero attached hydrogens (tertiary/aromatic N) is 2. The normalized spacial score (nSPS) is 20.9. The Balaban J connectivity index is 2.49. The molecular formula is C15H20N2O4. The standard InChI is InChI=1S/C15H20N2O4/c1-15(2)7-5-9-17(11(15)13(18)19)12-10(14(20)21-3)6-4-8-16-12/h4,6,8,11H,5,7,9H2,1-3H3,(H,18,19). The van der Waals surface area contributed by atoms with E-state index in [2.05, 4.69) is 4.98 Å². The van der Waals surface area contributed by atoms with Gasteiger partial charge in [-0.3, -0.25) is 0 Å². The van der Waals surface area contributed by atoms with E-state index in [1.54, 1.807) is 23.2 Å². The third-order valence-electron chi connectivity index (χ3n) is 3.97. The minimum atomic E-state index is -0.902. The molecule has 0 radical (unpaired) electrons. The number of aromatic nitrogens is 1. The number of methoxy groups -OCH3 is 1. The highest BCUT2D eigenvalue weighted by Gasteiger charge is 2.44. The van der Waals surface area contributed by atoms with Crippen LogP contribution in [0.4, 0.5) is 5.82 Å². The van der Waals surface area contributed by atoms with Crippen molar-refractivity contribution in [2.45, 2.75) is 32.7 Å². The maximum Gasteiger partial charge on any atom is 0.341 e. The van der Waals surface area contributed by atoms with Crippen molar-refractivity contribution in [3.63, 3.8) is 0 Å². The first kappa shape index (κ1) is 15.3. The quantitative estimate of drug-likeness (QED) is 0.858. The average molecular weight is 292 g/mol. The summed E-state index contributed by atoms with van der Waals surface area (Å²) in [4.78, 5) is 29.5. The van der Waals surface area contributed by atoms with Gasteiger partial charge in [-0.15, -0.1) is 0 Å². The molecular weight excluding hydrogens is 272 g/mol. The lowest BCUT2D eigenvalue weighted by molar-refractivity contribution is -0.142. The zero-order chi connectivity index (χ0) is 15.6. The molecule has 1 atom stereocenters. The SMILES string of the molecule is COC(=O)c1cccnc1N1CCCC(C)(C)C1C(=O)O. The number of carboxylic acid groups (broad SMARTS) is 1. The average Bonchev–Trinajstić information content (AvgIpc) is 2.44. The Morgan fingerprint density at radius 3 is 2.81 bits per heavy atom. The Kier molecular flexibility index (Phi) is 4.16. The zero-order valence-corrected chi connectivity index (χ0v) is 12.5. The highest BCUT2D eigenvalue weighted by atomic mass is 16.5. The number of rotatable bonds is 3. The molecule has 0 spiro atoms. The predicted molar refractivity (Wildman–Crippen MR) is 77.4 cm³/mol. The van der Waals surface area contributed by atoms with Gasteiger partial charge in [0.25, 0.3) is 0 Å². The number of anilines is 1. The highest BCUT2D eigenvalue weighted by molar-refractivity contribution is 5.95. The molecule has 1 aliphatic heterocycles. The number of carbonyl (C=O) groups excluding carboxylic acids is 1. The van der Waals surface area contributed by atoms with Gasteiger partial charge in [-0.1, -0.05) is 13.8 Å². The fraction of sp³-hybridized carbons (Fsp3) is 0.533. The maximum absolute atomic E-state index is 11.9. The summed E-state index contributed by atoms with van der Waals surface area (Å²) < 4.78 is 4.76. The van der Waals surface area contributed by atoms with Crippen molar-refractivity contribution in [2.75, 3.05) is 18.6 Å². The molecule has 6 heteroatoms. The van der Waals surface area contributed by atoms with Crippen molar-refractivity contribution in [3.8, 4) is 0 Å². The molecule has 2 rings (SSSR count). The van der Waals surface area contributed by atoms with Crippen LogP contribution in [-0.4, -0.2) is 41.7 Å². The first-order chi connectivity index (χ1) is 9.88. The van der Waals surface area contributed by atoms with Crippen LogP contribution in [0.15, 0.2) is 18.3 Å². The van der Waals surface area contributed by atoms with Gasteiger partial charge in [0.1, 0.15) is 17.4 Å². The first-order valence-corrected chi connectivity index (χ1v) is 6.91. The van der Waals surface area contributed by atoms with Gasteiger partial charge in [0.05, 0.1) is 7.11 Å². The molecule has 114 valence electrons. The van der Waals surface area contributed by atoms with Crippen molar-refractivity contribution in [1.82, 2.24) is 4.98 Å². The van der Waals surface area contributed by atoms with Crippen LogP contribution in [0.1, 0.15) is 37.0 Å². The summed E-state index contributed by atoms with van der Waals surface area (Å²) in [6.45, 7) is 4.42. The lowest BCUT2D eigenvalue weighted by atomic mass is 9.76. The van der Waals surface area contributed by atoms with Crippen molar-refractivity contribution in [1.29, 1.82) is 0 Å². The monoisotopic (exact) mass is 292 g/mol. The first-order valence-electron chi connectivity index (χ1n) is 6.91. The number of carboxylic acids is 1. The summed E-state index contributed by atoms with van der Waals surface area (Å²) in [6.07, 6.45) is 3.23. The van der Waals surface area contributed by atoms with Crippen LogP contribution >= 0.6 is 0 Å². The van der Waals surface area contributed by atoms with Crippen LogP contribution in [0.2, 0.25) is 0 Å². The Labute approximate surface area is 123 Å². The Morgan fingerprint density at radius 1 is 1.48 bits per heavy atom. The molecule has 1 aliphatic rings. The minimum absolute atomic E-state index is 0.295. The van der Waals surface area contributed by atoms with Crippen molar-refractivity contribution in [3.05, 3.63) is 23.9 Å². The molecule has 1 aromatic heterocycles. The molecule has 1 saturated heterocycles. The second kappa shape index (κ2) is 5.71. The second-order valence-electron chi connectivity index (χ2n) is 5.89. The predicted octanol–water partition coefficient (Wildman–Crippen LogP) is 1.95. The summed E-state index contributed by atoms with van der Waals surface area (Å²) in [5.74, 6) is -1.03. The highest BCUT2D eigenvalue weighted by Crippen LogP contribution is 2.38. The molecule has 21 heavy (non-hydrogen) atoms. The second-order valence-corrected chi connectivity index (χ2v) is 5.89. The number of piperidine rings is 1. The summed E-state index contributed by atoms with van der Waals surface area (Å²) >= 11 is 0. The number of aliphatic carboxylic acids is 1. The molecule has 0 bridgehead atoms. The lowest BCUT2D eigenvalue weighted by Gasteiger charge is -2.44. The molecule has 0 amide bonds. The van der Waals surface area contributed by atoms with E-state index in [4.69, 9.17) is 4.74 Å². The number of hydrogen-bond donors (Lipinski definition) is 1. The van der Waals surface area contributed by atoms with E-state index in [0.29, 0.717) is 17.9 Å². The number of ether oxygens (including phenoxy) is 1. The Morgan fingerprint density at radius 2 is 2.19 bits per heavy atom. The molecule has 1 N–H and O–H groups in total. The summed E-state index contributed by atoms with van der Waals surface area (Å²) in [7, 11) is 1.30. The van der Waals surface area contributed by atoms with Crippen LogP contribution in [0, 0.1) is 5.41 Å². The molecule has 1 fully saturated rings.